The first-order valence-corrected chi connectivity index (χ1v) is 6.46. The normalized spacial score (nSPS) is 11.3. The molecular weight excluding hydrogens is 260 g/mol. The number of hydrogen-bond acceptors (Lipinski definition) is 6. The summed E-state index contributed by atoms with van der Waals surface area (Å²) >= 11 is 0. The van der Waals surface area contributed by atoms with Crippen LogP contribution in [0.3, 0.4) is 0 Å². The van der Waals surface area contributed by atoms with Crippen molar-refractivity contribution in [1.82, 2.24) is 14.3 Å². The smallest absolute Gasteiger partial charge is 0.306 e. The molecule has 0 bridgehead atoms. The topological polar surface area (TPSA) is 101 Å². The van der Waals surface area contributed by atoms with Crippen LogP contribution in [0.15, 0.2) is 18.6 Å². The molecule has 0 fully saturated rings. The molecule has 0 saturated heterocycles. The molecule has 0 radical (unpaired) electrons. The van der Waals surface area contributed by atoms with Gasteiger partial charge in [0.15, 0.2) is 5.82 Å². The van der Waals surface area contributed by atoms with Crippen molar-refractivity contribution in [2.45, 2.75) is 6.42 Å². The summed E-state index contributed by atoms with van der Waals surface area (Å²) in [7, 11) is -1.15. The van der Waals surface area contributed by atoms with Gasteiger partial charge in [-0.15, -0.1) is 0 Å². The third-order valence-electron chi connectivity index (χ3n) is 2.07. The third-order valence-corrected chi connectivity index (χ3v) is 3.54. The standard InChI is InChI=1S/C9H14N4O4S/c1-13(6-3-9(14)17-2)18(15,16)12-8-7-10-4-5-11-8/h4-5,7H,3,6H2,1-2H3,(H,11,12). The molecule has 0 saturated carbocycles. The molecule has 100 valence electrons. The van der Waals surface area contributed by atoms with Crippen LogP contribution in [0.5, 0.6) is 0 Å². The predicted molar refractivity (Wildman–Crippen MR) is 63.8 cm³/mol. The van der Waals surface area contributed by atoms with Crippen molar-refractivity contribution in [2.24, 2.45) is 0 Å². The van der Waals surface area contributed by atoms with Crippen LogP contribution in [0.25, 0.3) is 0 Å². The average Bonchev–Trinajstić information content (AvgIpc) is 2.36. The van der Waals surface area contributed by atoms with Gasteiger partial charge in [0, 0.05) is 26.0 Å². The Morgan fingerprint density at radius 2 is 2.22 bits per heavy atom. The molecule has 1 heterocycles. The van der Waals surface area contributed by atoms with Crippen molar-refractivity contribution in [1.29, 1.82) is 0 Å². The van der Waals surface area contributed by atoms with Crippen molar-refractivity contribution in [2.75, 3.05) is 25.4 Å². The first-order valence-electron chi connectivity index (χ1n) is 5.02. The Morgan fingerprint density at radius 1 is 1.50 bits per heavy atom. The largest absolute Gasteiger partial charge is 0.469 e. The van der Waals surface area contributed by atoms with Gasteiger partial charge in [-0.25, -0.2) is 4.98 Å². The Bertz CT molecular complexity index is 491. The minimum absolute atomic E-state index is 0.0161. The highest BCUT2D eigenvalue weighted by atomic mass is 32.2. The van der Waals surface area contributed by atoms with Crippen LogP contribution in [-0.4, -0.2) is 49.4 Å². The highest BCUT2D eigenvalue weighted by Crippen LogP contribution is 2.05. The zero-order chi connectivity index (χ0) is 13.6. The van der Waals surface area contributed by atoms with Gasteiger partial charge in [0.25, 0.3) is 0 Å². The SMILES string of the molecule is COC(=O)CCN(C)S(=O)(=O)Nc1cnccn1. The van der Waals surface area contributed by atoms with E-state index in [4.69, 9.17) is 0 Å². The van der Waals surface area contributed by atoms with Gasteiger partial charge in [-0.05, 0) is 0 Å². The number of carbonyl (C=O) groups excluding carboxylic acids is 1. The summed E-state index contributed by atoms with van der Waals surface area (Å²) in [6, 6.07) is 0. The van der Waals surface area contributed by atoms with Gasteiger partial charge in [-0.2, -0.15) is 12.7 Å². The van der Waals surface area contributed by atoms with E-state index in [9.17, 15) is 13.2 Å². The Labute approximate surface area is 105 Å². The summed E-state index contributed by atoms with van der Waals surface area (Å²) in [5.41, 5.74) is 0. The minimum Gasteiger partial charge on any atom is -0.469 e. The molecule has 0 aliphatic carbocycles. The molecule has 0 atom stereocenters. The van der Waals surface area contributed by atoms with Crippen molar-refractivity contribution in [3.8, 4) is 0 Å². The van der Waals surface area contributed by atoms with Gasteiger partial charge in [0.2, 0.25) is 0 Å². The summed E-state index contributed by atoms with van der Waals surface area (Å²) < 4.78 is 31.3. The number of rotatable bonds is 6. The number of carbonyl (C=O) groups is 1. The molecule has 9 heteroatoms. The molecule has 1 aromatic rings. The summed E-state index contributed by atoms with van der Waals surface area (Å²) in [6.07, 6.45) is 4.06. The van der Waals surface area contributed by atoms with E-state index in [-0.39, 0.29) is 18.8 Å². The maximum absolute atomic E-state index is 11.8. The van der Waals surface area contributed by atoms with Crippen molar-refractivity contribution in [3.05, 3.63) is 18.6 Å². The van der Waals surface area contributed by atoms with Crippen LogP contribution < -0.4 is 4.72 Å². The van der Waals surface area contributed by atoms with Crippen molar-refractivity contribution < 1.29 is 17.9 Å². The number of esters is 1. The number of methoxy groups -OCH3 is 1. The van der Waals surface area contributed by atoms with Crippen molar-refractivity contribution in [3.63, 3.8) is 0 Å². The van der Waals surface area contributed by atoms with Crippen LogP contribution in [0.4, 0.5) is 5.82 Å². The zero-order valence-corrected chi connectivity index (χ0v) is 10.8. The molecule has 0 aliphatic rings. The molecule has 0 unspecified atom stereocenters. The van der Waals surface area contributed by atoms with E-state index < -0.39 is 16.2 Å². The van der Waals surface area contributed by atoms with E-state index in [1.165, 1.54) is 32.7 Å². The molecule has 0 aliphatic heterocycles. The monoisotopic (exact) mass is 274 g/mol. The molecule has 0 spiro atoms. The number of nitrogens with zero attached hydrogens (tertiary/aromatic N) is 3. The lowest BCUT2D eigenvalue weighted by Gasteiger charge is -2.16. The van der Waals surface area contributed by atoms with E-state index in [0.717, 1.165) is 4.31 Å². The van der Waals surface area contributed by atoms with Crippen LogP contribution in [0, 0.1) is 0 Å². The number of anilines is 1. The van der Waals surface area contributed by atoms with E-state index in [2.05, 4.69) is 19.4 Å². The second-order valence-electron chi connectivity index (χ2n) is 3.35. The van der Waals surface area contributed by atoms with E-state index in [0.29, 0.717) is 0 Å². The lowest BCUT2D eigenvalue weighted by Crippen LogP contribution is -2.34. The first kappa shape index (κ1) is 14.3. The molecule has 1 rings (SSSR count). The molecule has 1 aromatic heterocycles. The zero-order valence-electron chi connectivity index (χ0n) is 10.0. The van der Waals surface area contributed by atoms with Gasteiger partial charge < -0.3 is 4.74 Å². The summed E-state index contributed by atoms with van der Waals surface area (Å²) in [5, 5.41) is 0. The lowest BCUT2D eigenvalue weighted by molar-refractivity contribution is -0.140. The number of hydrogen-bond donors (Lipinski definition) is 1. The minimum atomic E-state index is -3.74. The predicted octanol–water partition coefficient (Wildman–Crippen LogP) is -0.372. The van der Waals surface area contributed by atoms with Gasteiger partial charge in [-0.1, -0.05) is 0 Å². The maximum Gasteiger partial charge on any atom is 0.306 e. The second kappa shape index (κ2) is 6.26. The highest BCUT2D eigenvalue weighted by Gasteiger charge is 2.19. The Morgan fingerprint density at radius 3 is 2.78 bits per heavy atom. The van der Waals surface area contributed by atoms with Crippen LogP contribution in [0.2, 0.25) is 0 Å². The van der Waals surface area contributed by atoms with Gasteiger partial charge in [0.1, 0.15) is 0 Å². The van der Waals surface area contributed by atoms with E-state index >= 15 is 0 Å². The highest BCUT2D eigenvalue weighted by molar-refractivity contribution is 7.90. The number of aromatic nitrogens is 2. The second-order valence-corrected chi connectivity index (χ2v) is 5.12. The number of ether oxygens (including phenoxy) is 1. The summed E-state index contributed by atoms with van der Waals surface area (Å²) in [6.45, 7) is 0.0161. The molecular formula is C9H14N4O4S. The molecule has 0 aromatic carbocycles. The van der Waals surface area contributed by atoms with E-state index in [1.807, 2.05) is 0 Å². The first-order chi connectivity index (χ1) is 8.45. The lowest BCUT2D eigenvalue weighted by atomic mass is 10.4. The molecule has 8 nitrogen and oxygen atoms in total. The fraction of sp³-hybridized carbons (Fsp3) is 0.444. The van der Waals surface area contributed by atoms with E-state index in [1.54, 1.807) is 0 Å². The molecule has 18 heavy (non-hydrogen) atoms. The Balaban J connectivity index is 2.61. The van der Waals surface area contributed by atoms with Crippen LogP contribution >= 0.6 is 0 Å². The molecule has 1 N–H and O–H groups in total. The Hall–Kier alpha value is -1.74. The Kier molecular flexibility index (Phi) is 4.98. The van der Waals surface area contributed by atoms with Crippen molar-refractivity contribution >= 4 is 22.0 Å². The quantitative estimate of drug-likeness (QED) is 0.710. The molecule has 0 amide bonds. The van der Waals surface area contributed by atoms with Gasteiger partial charge >= 0.3 is 16.2 Å². The van der Waals surface area contributed by atoms with Crippen LogP contribution in [-0.2, 0) is 19.7 Å². The average molecular weight is 274 g/mol. The summed E-state index contributed by atoms with van der Waals surface area (Å²) in [4.78, 5) is 18.4. The summed E-state index contributed by atoms with van der Waals surface area (Å²) in [5.74, 6) is -0.362. The fourth-order valence-corrected chi connectivity index (χ4v) is 1.89. The van der Waals surface area contributed by atoms with Gasteiger partial charge in [0.05, 0.1) is 19.7 Å². The maximum atomic E-state index is 11.8. The number of nitrogens with one attached hydrogen (secondary N) is 1. The third kappa shape index (κ3) is 4.26. The van der Waals surface area contributed by atoms with Crippen LogP contribution in [0.1, 0.15) is 6.42 Å². The van der Waals surface area contributed by atoms with Gasteiger partial charge in [-0.3, -0.25) is 14.5 Å². The fourth-order valence-electron chi connectivity index (χ4n) is 1.03.